The molecule has 0 radical (unpaired) electrons. The molecule has 3 heteroatoms. The second kappa shape index (κ2) is 4.17. The highest BCUT2D eigenvalue weighted by Crippen LogP contribution is 2.27. The maximum absolute atomic E-state index is 11.3. The van der Waals surface area contributed by atoms with E-state index in [2.05, 4.69) is 4.74 Å². The van der Waals surface area contributed by atoms with E-state index in [1.54, 1.807) is 18.2 Å². The van der Waals surface area contributed by atoms with Crippen LogP contribution >= 0.6 is 0 Å². The van der Waals surface area contributed by atoms with Gasteiger partial charge < -0.3 is 4.74 Å². The SMILES string of the molecule is COC(=O)c1ccc2c(c1)C=CCC2=C=O. The highest BCUT2D eigenvalue weighted by molar-refractivity contribution is 5.96. The molecule has 0 bridgehead atoms. The molecule has 3 nitrogen and oxygen atoms in total. The van der Waals surface area contributed by atoms with Crippen LogP contribution in [0, 0.1) is 0 Å². The van der Waals surface area contributed by atoms with Crippen molar-refractivity contribution >= 4 is 23.6 Å². The van der Waals surface area contributed by atoms with Crippen LogP contribution in [0.5, 0.6) is 0 Å². The van der Waals surface area contributed by atoms with Gasteiger partial charge in [-0.2, -0.15) is 0 Å². The van der Waals surface area contributed by atoms with E-state index in [0.717, 1.165) is 11.1 Å². The summed E-state index contributed by atoms with van der Waals surface area (Å²) >= 11 is 0. The van der Waals surface area contributed by atoms with E-state index in [1.807, 2.05) is 18.1 Å². The molecule has 0 aromatic heterocycles. The number of hydrogen-bond acceptors (Lipinski definition) is 3. The molecular formula is C13H10O3. The number of methoxy groups -OCH3 is 1. The average Bonchev–Trinajstić information content (AvgIpc) is 2.36. The largest absolute Gasteiger partial charge is 0.465 e. The van der Waals surface area contributed by atoms with Gasteiger partial charge in [0, 0.05) is 12.0 Å². The van der Waals surface area contributed by atoms with Gasteiger partial charge in [-0.15, -0.1) is 0 Å². The zero-order valence-electron chi connectivity index (χ0n) is 8.82. The van der Waals surface area contributed by atoms with Gasteiger partial charge >= 0.3 is 5.97 Å². The van der Waals surface area contributed by atoms with Gasteiger partial charge in [-0.25, -0.2) is 9.59 Å². The number of hydrogen-bond donors (Lipinski definition) is 0. The molecule has 1 aromatic carbocycles. The molecule has 0 amide bonds. The zero-order chi connectivity index (χ0) is 11.5. The molecule has 0 heterocycles. The molecule has 0 fully saturated rings. The molecule has 2 rings (SSSR count). The van der Waals surface area contributed by atoms with Crippen molar-refractivity contribution in [3.63, 3.8) is 0 Å². The van der Waals surface area contributed by atoms with E-state index in [-0.39, 0.29) is 5.97 Å². The van der Waals surface area contributed by atoms with E-state index in [1.165, 1.54) is 7.11 Å². The van der Waals surface area contributed by atoms with Gasteiger partial charge in [-0.1, -0.05) is 18.2 Å². The molecule has 1 aliphatic rings. The van der Waals surface area contributed by atoms with Crippen LogP contribution in [-0.4, -0.2) is 19.0 Å². The van der Waals surface area contributed by atoms with Crippen molar-refractivity contribution in [3.05, 3.63) is 41.0 Å². The van der Waals surface area contributed by atoms with Crippen molar-refractivity contribution in [2.45, 2.75) is 6.42 Å². The molecule has 1 aromatic rings. The first kappa shape index (κ1) is 10.4. The normalized spacial score (nSPS) is 12.9. The summed E-state index contributed by atoms with van der Waals surface area (Å²) in [5.41, 5.74) is 2.80. The van der Waals surface area contributed by atoms with Gasteiger partial charge in [-0.3, -0.25) is 0 Å². The van der Waals surface area contributed by atoms with Gasteiger partial charge in [0.1, 0.15) is 5.94 Å². The van der Waals surface area contributed by atoms with Crippen molar-refractivity contribution in [1.29, 1.82) is 0 Å². The lowest BCUT2D eigenvalue weighted by Crippen LogP contribution is -2.03. The van der Waals surface area contributed by atoms with Gasteiger partial charge in [0.15, 0.2) is 0 Å². The van der Waals surface area contributed by atoms with Crippen LogP contribution in [0.1, 0.15) is 27.9 Å². The highest BCUT2D eigenvalue weighted by atomic mass is 16.5. The van der Waals surface area contributed by atoms with Crippen LogP contribution in [0.3, 0.4) is 0 Å². The molecule has 0 N–H and O–H groups in total. The molecule has 1 aliphatic carbocycles. The summed E-state index contributed by atoms with van der Waals surface area (Å²) in [6.45, 7) is 0. The van der Waals surface area contributed by atoms with E-state index < -0.39 is 0 Å². The third kappa shape index (κ3) is 1.69. The molecule has 0 saturated heterocycles. The number of carbonyl (C=O) groups is 1. The first-order chi connectivity index (χ1) is 7.76. The maximum Gasteiger partial charge on any atom is 0.337 e. The second-order valence-corrected chi connectivity index (χ2v) is 3.48. The Kier molecular flexibility index (Phi) is 2.71. The number of carbonyl (C=O) groups excluding carboxylic acids is 2. The first-order valence-electron chi connectivity index (χ1n) is 4.89. The lowest BCUT2D eigenvalue weighted by Gasteiger charge is -2.12. The van der Waals surface area contributed by atoms with Crippen LogP contribution in [0.4, 0.5) is 0 Å². The molecule has 0 unspecified atom stereocenters. The van der Waals surface area contributed by atoms with Crippen molar-refractivity contribution in [2.75, 3.05) is 7.11 Å². The van der Waals surface area contributed by atoms with Gasteiger partial charge in [0.25, 0.3) is 0 Å². The second-order valence-electron chi connectivity index (χ2n) is 3.48. The zero-order valence-corrected chi connectivity index (χ0v) is 8.82. The van der Waals surface area contributed by atoms with Gasteiger partial charge in [-0.05, 0) is 23.3 Å². The maximum atomic E-state index is 11.3. The smallest absolute Gasteiger partial charge is 0.337 e. The van der Waals surface area contributed by atoms with Crippen LogP contribution < -0.4 is 0 Å². The number of allylic oxidation sites excluding steroid dienone is 2. The third-order valence-corrected chi connectivity index (χ3v) is 2.54. The minimum absolute atomic E-state index is 0.376. The Bertz CT molecular complexity index is 520. The monoisotopic (exact) mass is 214 g/mol. The summed E-state index contributed by atoms with van der Waals surface area (Å²) < 4.78 is 4.63. The number of rotatable bonds is 1. The molecule has 16 heavy (non-hydrogen) atoms. The Hall–Kier alpha value is -2.12. The summed E-state index contributed by atoms with van der Waals surface area (Å²) in [6.07, 6.45) is 4.36. The Morgan fingerprint density at radius 3 is 2.94 bits per heavy atom. The van der Waals surface area contributed by atoms with Crippen molar-refractivity contribution < 1.29 is 14.3 Å². The quantitative estimate of drug-likeness (QED) is 0.531. The Labute approximate surface area is 93.0 Å². The standard InChI is InChI=1S/C13H10O3/c1-16-13(15)10-5-6-12-9(7-10)3-2-4-11(12)8-14/h2-3,5-7H,4H2,1H3. The summed E-state index contributed by atoms with van der Waals surface area (Å²) in [5.74, 6) is 1.55. The Morgan fingerprint density at radius 1 is 1.44 bits per heavy atom. The van der Waals surface area contributed by atoms with Crippen LogP contribution in [0.15, 0.2) is 24.3 Å². The topological polar surface area (TPSA) is 43.4 Å². The summed E-state index contributed by atoms with van der Waals surface area (Å²) in [4.78, 5) is 22.0. The fourth-order valence-corrected chi connectivity index (χ4v) is 1.73. The fraction of sp³-hybridized carbons (Fsp3) is 0.154. The van der Waals surface area contributed by atoms with Gasteiger partial charge in [0.05, 0.1) is 12.7 Å². The van der Waals surface area contributed by atoms with E-state index in [4.69, 9.17) is 0 Å². The number of esters is 1. The average molecular weight is 214 g/mol. The minimum atomic E-state index is -0.376. The van der Waals surface area contributed by atoms with E-state index in [9.17, 15) is 9.59 Å². The van der Waals surface area contributed by atoms with E-state index in [0.29, 0.717) is 17.6 Å². The van der Waals surface area contributed by atoms with Crippen molar-refractivity contribution in [2.24, 2.45) is 0 Å². The molecular weight excluding hydrogens is 204 g/mol. The van der Waals surface area contributed by atoms with Crippen LogP contribution in [-0.2, 0) is 9.53 Å². The highest BCUT2D eigenvalue weighted by Gasteiger charge is 2.13. The minimum Gasteiger partial charge on any atom is -0.465 e. The Balaban J connectivity index is 2.52. The predicted molar refractivity (Wildman–Crippen MR) is 60.5 cm³/mol. The third-order valence-electron chi connectivity index (χ3n) is 2.54. The summed E-state index contributed by atoms with van der Waals surface area (Å²) in [5, 5.41) is 0. The first-order valence-corrected chi connectivity index (χ1v) is 4.89. The number of ether oxygens (including phenoxy) is 1. The number of fused-ring (bicyclic) bond motifs is 1. The van der Waals surface area contributed by atoms with Crippen LogP contribution in [0.25, 0.3) is 11.6 Å². The lowest BCUT2D eigenvalue weighted by atomic mass is 9.92. The molecule has 0 saturated carbocycles. The van der Waals surface area contributed by atoms with Gasteiger partial charge in [0.2, 0.25) is 0 Å². The molecule has 0 aliphatic heterocycles. The van der Waals surface area contributed by atoms with Crippen molar-refractivity contribution in [3.8, 4) is 0 Å². The molecule has 0 spiro atoms. The van der Waals surface area contributed by atoms with Crippen molar-refractivity contribution in [1.82, 2.24) is 0 Å². The molecule has 80 valence electrons. The summed E-state index contributed by atoms with van der Waals surface area (Å²) in [7, 11) is 1.34. The predicted octanol–water partition coefficient (Wildman–Crippen LogP) is 2.11. The molecule has 0 atom stereocenters. The fourth-order valence-electron chi connectivity index (χ4n) is 1.73. The lowest BCUT2D eigenvalue weighted by molar-refractivity contribution is 0.0600. The van der Waals surface area contributed by atoms with E-state index >= 15 is 0 Å². The van der Waals surface area contributed by atoms with Crippen LogP contribution in [0.2, 0.25) is 0 Å². The number of benzene rings is 1. The summed E-state index contributed by atoms with van der Waals surface area (Å²) in [6, 6.07) is 5.13. The Morgan fingerprint density at radius 2 is 2.25 bits per heavy atom.